The fraction of sp³-hybridized carbons (Fsp3) is 0.500. The molecule has 0 amide bonds. The fourth-order valence-corrected chi connectivity index (χ4v) is 8.06. The second-order valence-corrected chi connectivity index (χ2v) is 13.9. The molecular formula is C26H36N4S. The Balaban J connectivity index is 1.40. The molecular weight excluding hydrogens is 400 g/mol. The summed E-state index contributed by atoms with van der Waals surface area (Å²) in [6.07, 6.45) is 17.9. The van der Waals surface area contributed by atoms with Gasteiger partial charge in [0.25, 0.3) is 0 Å². The molecule has 0 spiro atoms. The summed E-state index contributed by atoms with van der Waals surface area (Å²) in [5.41, 5.74) is 5.14. The van der Waals surface area contributed by atoms with Crippen molar-refractivity contribution in [2.45, 2.75) is 50.4 Å². The van der Waals surface area contributed by atoms with E-state index in [1.165, 1.54) is 52.6 Å². The normalized spacial score (nSPS) is 23.8. The van der Waals surface area contributed by atoms with Gasteiger partial charge in [0.15, 0.2) is 0 Å². The molecule has 0 bridgehead atoms. The number of benzene rings is 1. The molecule has 2 fully saturated rings. The first kappa shape index (κ1) is 20.9. The average Bonchev–Trinajstić information content (AvgIpc) is 2.65. The van der Waals surface area contributed by atoms with Gasteiger partial charge in [0.2, 0.25) is 0 Å². The molecule has 1 atom stereocenters. The summed E-state index contributed by atoms with van der Waals surface area (Å²) < 4.78 is 2.76. The number of nitrogens with zero attached hydrogens (tertiary/aromatic N) is 3. The molecule has 1 N–H and O–H groups in total. The SMILES string of the molecule is CC1=CC(c2cc(NC3CN(S(C)(C)C4CCC4)C3)c3cnccc3c2)=CC(C)N1C. The minimum atomic E-state index is -0.617. The van der Waals surface area contributed by atoms with Crippen LogP contribution in [0.5, 0.6) is 0 Å². The predicted molar refractivity (Wildman–Crippen MR) is 137 cm³/mol. The van der Waals surface area contributed by atoms with Crippen molar-refractivity contribution >= 4 is 32.2 Å². The molecule has 1 aromatic heterocycles. The summed E-state index contributed by atoms with van der Waals surface area (Å²) in [5.74, 6) is 0. The molecule has 5 rings (SSSR count). The van der Waals surface area contributed by atoms with E-state index in [1.54, 1.807) is 0 Å². The van der Waals surface area contributed by atoms with Gasteiger partial charge in [-0.2, -0.15) is 10.2 Å². The summed E-state index contributed by atoms with van der Waals surface area (Å²) >= 11 is 0. The van der Waals surface area contributed by atoms with Crippen molar-refractivity contribution in [1.29, 1.82) is 0 Å². The molecule has 0 radical (unpaired) electrons. The molecule has 31 heavy (non-hydrogen) atoms. The maximum Gasteiger partial charge on any atom is 0.0533 e. The highest BCUT2D eigenvalue weighted by molar-refractivity contribution is 8.31. The van der Waals surface area contributed by atoms with Crippen LogP contribution in [0.1, 0.15) is 38.7 Å². The van der Waals surface area contributed by atoms with E-state index in [0.717, 1.165) is 18.3 Å². The van der Waals surface area contributed by atoms with E-state index in [4.69, 9.17) is 0 Å². The third-order valence-corrected chi connectivity index (χ3v) is 11.5. The number of likely N-dealkylation sites (N-methyl/N-ethyl adjacent to an activating group) is 1. The number of pyridine rings is 1. The van der Waals surface area contributed by atoms with Crippen LogP contribution in [0.3, 0.4) is 0 Å². The number of anilines is 1. The van der Waals surface area contributed by atoms with Crippen molar-refractivity contribution in [1.82, 2.24) is 14.2 Å². The molecule has 1 saturated heterocycles. The third-order valence-electron chi connectivity index (χ3n) is 7.78. The Morgan fingerprint density at radius 2 is 1.94 bits per heavy atom. The number of fused-ring (bicyclic) bond motifs is 1. The van der Waals surface area contributed by atoms with Gasteiger partial charge < -0.3 is 10.2 Å². The molecule has 5 heteroatoms. The largest absolute Gasteiger partial charge is 0.379 e. The molecule has 2 aliphatic heterocycles. The van der Waals surface area contributed by atoms with Gasteiger partial charge >= 0.3 is 0 Å². The summed E-state index contributed by atoms with van der Waals surface area (Å²) in [4.78, 5) is 6.74. The fourth-order valence-electron chi connectivity index (χ4n) is 5.02. The molecule has 3 aliphatic rings. The van der Waals surface area contributed by atoms with E-state index >= 15 is 0 Å². The van der Waals surface area contributed by atoms with Gasteiger partial charge in [0, 0.05) is 60.6 Å². The van der Waals surface area contributed by atoms with Crippen LogP contribution in [0.15, 0.2) is 48.4 Å². The topological polar surface area (TPSA) is 31.4 Å². The van der Waals surface area contributed by atoms with Crippen molar-refractivity contribution in [3.63, 3.8) is 0 Å². The van der Waals surface area contributed by atoms with E-state index in [0.29, 0.717) is 12.1 Å². The maximum absolute atomic E-state index is 4.42. The average molecular weight is 437 g/mol. The van der Waals surface area contributed by atoms with E-state index in [-0.39, 0.29) is 0 Å². The van der Waals surface area contributed by atoms with Crippen molar-refractivity contribution in [2.24, 2.45) is 0 Å². The summed E-state index contributed by atoms with van der Waals surface area (Å²) in [6.45, 7) is 6.78. The van der Waals surface area contributed by atoms with Gasteiger partial charge in [-0.25, -0.2) is 0 Å². The van der Waals surface area contributed by atoms with E-state index in [9.17, 15) is 0 Å². The van der Waals surface area contributed by atoms with Gasteiger partial charge in [0.05, 0.1) is 6.04 Å². The summed E-state index contributed by atoms with van der Waals surface area (Å²) in [5, 5.41) is 7.31. The minimum absolute atomic E-state index is 0.404. The van der Waals surface area contributed by atoms with E-state index in [2.05, 4.69) is 83.3 Å². The highest BCUT2D eigenvalue weighted by atomic mass is 32.3. The first-order valence-electron chi connectivity index (χ1n) is 11.6. The minimum Gasteiger partial charge on any atom is -0.379 e. The van der Waals surface area contributed by atoms with Crippen molar-refractivity contribution in [3.05, 3.63) is 54.0 Å². The number of hydrogen-bond donors (Lipinski definition) is 1. The molecule has 4 nitrogen and oxygen atoms in total. The molecule has 1 aromatic carbocycles. The summed E-state index contributed by atoms with van der Waals surface area (Å²) in [7, 11) is 1.55. The zero-order valence-electron chi connectivity index (χ0n) is 19.6. The lowest BCUT2D eigenvalue weighted by Gasteiger charge is -2.58. The monoisotopic (exact) mass is 436 g/mol. The first-order valence-corrected chi connectivity index (χ1v) is 14.0. The quantitative estimate of drug-likeness (QED) is 0.672. The van der Waals surface area contributed by atoms with Gasteiger partial charge in [-0.1, -0.05) is 12.5 Å². The van der Waals surface area contributed by atoms with E-state index < -0.39 is 10.2 Å². The lowest BCUT2D eigenvalue weighted by Crippen LogP contribution is -2.57. The van der Waals surface area contributed by atoms with Crippen LogP contribution in [0.2, 0.25) is 0 Å². The lowest BCUT2D eigenvalue weighted by atomic mass is 9.95. The zero-order chi connectivity index (χ0) is 21.8. The van der Waals surface area contributed by atoms with Crippen LogP contribution in [0.4, 0.5) is 5.69 Å². The zero-order valence-corrected chi connectivity index (χ0v) is 20.4. The lowest BCUT2D eigenvalue weighted by molar-refractivity contribution is 0.294. The maximum atomic E-state index is 4.42. The Morgan fingerprint density at radius 1 is 1.16 bits per heavy atom. The van der Waals surface area contributed by atoms with Crippen LogP contribution < -0.4 is 5.32 Å². The second-order valence-electron chi connectivity index (χ2n) is 9.97. The number of allylic oxidation sites excluding steroid dienone is 3. The first-order chi connectivity index (χ1) is 14.8. The van der Waals surface area contributed by atoms with Gasteiger partial charge in [-0.3, -0.25) is 9.29 Å². The smallest absolute Gasteiger partial charge is 0.0533 e. The highest BCUT2D eigenvalue weighted by Gasteiger charge is 2.41. The van der Waals surface area contributed by atoms with Crippen LogP contribution in [-0.4, -0.2) is 64.2 Å². The molecule has 1 saturated carbocycles. The molecule has 1 unspecified atom stereocenters. The van der Waals surface area contributed by atoms with Gasteiger partial charge in [-0.15, -0.1) is 0 Å². The Bertz CT molecular complexity index is 1050. The molecule has 3 heterocycles. The van der Waals surface area contributed by atoms with E-state index in [1.807, 2.05) is 12.4 Å². The second kappa shape index (κ2) is 7.86. The molecule has 1 aliphatic carbocycles. The standard InChI is InChI=1S/C26H36N4S/c1-18-11-21(12-19(2)29(18)3)22-13-20-9-10-27-15-25(20)26(14-22)28-23-16-30(17-23)31(4,5)24-7-6-8-24/h9-15,18,23-24,28H,6-8,16-17H2,1-5H3. The van der Waals surface area contributed by atoms with Crippen molar-refractivity contribution in [3.8, 4) is 0 Å². The third kappa shape index (κ3) is 3.76. The van der Waals surface area contributed by atoms with Gasteiger partial charge in [-0.05, 0) is 80.0 Å². The number of hydrogen-bond acceptors (Lipinski definition) is 4. The number of nitrogens with one attached hydrogen (secondary N) is 1. The number of rotatable bonds is 5. The number of aromatic nitrogens is 1. The van der Waals surface area contributed by atoms with Crippen molar-refractivity contribution in [2.75, 3.05) is 38.0 Å². The Morgan fingerprint density at radius 3 is 2.61 bits per heavy atom. The molecule has 2 aromatic rings. The van der Waals surface area contributed by atoms with Crippen LogP contribution in [0, 0.1) is 0 Å². The van der Waals surface area contributed by atoms with Crippen molar-refractivity contribution < 1.29 is 0 Å². The Hall–Kier alpha value is -1.98. The molecule has 166 valence electrons. The van der Waals surface area contributed by atoms with Gasteiger partial charge in [0.1, 0.15) is 0 Å². The predicted octanol–water partition coefficient (Wildman–Crippen LogP) is 5.48. The Kier molecular flexibility index (Phi) is 5.30. The van der Waals surface area contributed by atoms with Crippen LogP contribution in [0.25, 0.3) is 16.3 Å². The highest BCUT2D eigenvalue weighted by Crippen LogP contribution is 2.58. The van der Waals surface area contributed by atoms with Crippen LogP contribution in [-0.2, 0) is 0 Å². The Labute approximate surface area is 188 Å². The summed E-state index contributed by atoms with van der Waals surface area (Å²) in [6, 6.07) is 7.71. The van der Waals surface area contributed by atoms with Crippen LogP contribution >= 0.6 is 10.2 Å².